The van der Waals surface area contributed by atoms with E-state index in [1.165, 1.54) is 13.3 Å². The third-order valence-electron chi connectivity index (χ3n) is 3.74. The van der Waals surface area contributed by atoms with Gasteiger partial charge in [-0.25, -0.2) is 14.5 Å². The smallest absolute Gasteiger partial charge is 0.340 e. The van der Waals surface area contributed by atoms with E-state index in [1.54, 1.807) is 12.1 Å². The molecular formula is C19H19N3O3. The van der Waals surface area contributed by atoms with E-state index in [9.17, 15) is 4.79 Å². The van der Waals surface area contributed by atoms with Crippen molar-refractivity contribution in [2.75, 3.05) is 7.11 Å². The average Bonchev–Trinajstić information content (AvgIpc) is 2.98. The molecule has 25 heavy (non-hydrogen) atoms. The molecule has 1 aromatic carbocycles. The fourth-order valence-corrected chi connectivity index (χ4v) is 2.48. The lowest BCUT2D eigenvalue weighted by Crippen LogP contribution is -2.06. The number of carbonyl (C=O) groups is 1. The van der Waals surface area contributed by atoms with Gasteiger partial charge < -0.3 is 9.47 Å². The number of nitrogens with zero attached hydrogens (tertiary/aromatic N) is 3. The summed E-state index contributed by atoms with van der Waals surface area (Å²) in [6, 6.07) is 13.0. The van der Waals surface area contributed by atoms with Gasteiger partial charge in [0, 0.05) is 18.0 Å². The van der Waals surface area contributed by atoms with E-state index < -0.39 is 5.97 Å². The van der Waals surface area contributed by atoms with Crippen molar-refractivity contribution in [3.63, 3.8) is 0 Å². The zero-order valence-corrected chi connectivity index (χ0v) is 14.4. The summed E-state index contributed by atoms with van der Waals surface area (Å²) in [6.45, 7) is 4.17. The van der Waals surface area contributed by atoms with Crippen LogP contribution in [0.2, 0.25) is 0 Å². The van der Waals surface area contributed by atoms with Gasteiger partial charge in [0.25, 0.3) is 0 Å². The Hall–Kier alpha value is -3.15. The standard InChI is InChI=1S/C19H19N3O3/c1-13-10-14(2)22(21-13)17-7-4-15(5-8-17)12-25-19(23)16-6-9-18(24-3)20-11-16/h4-11H,12H2,1-3H3. The Morgan fingerprint density at radius 1 is 1.12 bits per heavy atom. The maximum atomic E-state index is 12.0. The van der Waals surface area contributed by atoms with Crippen molar-refractivity contribution in [2.24, 2.45) is 0 Å². The van der Waals surface area contributed by atoms with Crippen molar-refractivity contribution >= 4 is 5.97 Å². The minimum absolute atomic E-state index is 0.197. The summed E-state index contributed by atoms with van der Waals surface area (Å²) in [5, 5.41) is 4.45. The third-order valence-corrected chi connectivity index (χ3v) is 3.74. The number of aromatic nitrogens is 3. The maximum Gasteiger partial charge on any atom is 0.340 e. The van der Waals surface area contributed by atoms with E-state index >= 15 is 0 Å². The van der Waals surface area contributed by atoms with Crippen LogP contribution >= 0.6 is 0 Å². The second-order valence-corrected chi connectivity index (χ2v) is 5.67. The number of hydrogen-bond donors (Lipinski definition) is 0. The first-order valence-electron chi connectivity index (χ1n) is 7.86. The number of aryl methyl sites for hydroxylation is 2. The minimum Gasteiger partial charge on any atom is -0.481 e. The molecule has 0 fully saturated rings. The molecule has 0 saturated heterocycles. The summed E-state index contributed by atoms with van der Waals surface area (Å²) >= 11 is 0. The Kier molecular flexibility index (Phi) is 4.79. The SMILES string of the molecule is COc1ccc(C(=O)OCc2ccc(-n3nc(C)cc3C)cc2)cn1. The zero-order chi connectivity index (χ0) is 17.8. The van der Waals surface area contributed by atoms with Crippen molar-refractivity contribution in [1.29, 1.82) is 0 Å². The van der Waals surface area contributed by atoms with Gasteiger partial charge in [0.15, 0.2) is 0 Å². The second-order valence-electron chi connectivity index (χ2n) is 5.67. The first kappa shape index (κ1) is 16.7. The lowest BCUT2D eigenvalue weighted by molar-refractivity contribution is 0.0472. The number of hydrogen-bond acceptors (Lipinski definition) is 5. The first-order chi connectivity index (χ1) is 12.1. The highest BCUT2D eigenvalue weighted by atomic mass is 16.5. The van der Waals surface area contributed by atoms with Crippen molar-refractivity contribution < 1.29 is 14.3 Å². The largest absolute Gasteiger partial charge is 0.481 e. The molecule has 0 N–H and O–H groups in total. The fourth-order valence-electron chi connectivity index (χ4n) is 2.48. The highest BCUT2D eigenvalue weighted by Gasteiger charge is 2.09. The van der Waals surface area contributed by atoms with Crippen LogP contribution in [0.25, 0.3) is 5.69 Å². The Bertz CT molecular complexity index is 868. The van der Waals surface area contributed by atoms with Crippen LogP contribution in [-0.4, -0.2) is 27.8 Å². The van der Waals surface area contributed by atoms with Crippen molar-refractivity contribution in [3.05, 3.63) is 71.2 Å². The predicted octanol–water partition coefficient (Wildman–Crippen LogP) is 3.25. The maximum absolute atomic E-state index is 12.0. The molecule has 0 aliphatic heterocycles. The van der Waals surface area contributed by atoms with Gasteiger partial charge in [-0.3, -0.25) is 0 Å². The van der Waals surface area contributed by atoms with E-state index in [0.717, 1.165) is 22.6 Å². The van der Waals surface area contributed by atoms with Crippen LogP contribution < -0.4 is 4.74 Å². The molecule has 0 amide bonds. The summed E-state index contributed by atoms with van der Waals surface area (Å²) in [7, 11) is 1.52. The molecule has 0 unspecified atom stereocenters. The lowest BCUT2D eigenvalue weighted by Gasteiger charge is -2.08. The van der Waals surface area contributed by atoms with Gasteiger partial charge in [-0.05, 0) is 43.7 Å². The van der Waals surface area contributed by atoms with Crippen molar-refractivity contribution in [1.82, 2.24) is 14.8 Å². The quantitative estimate of drug-likeness (QED) is 0.669. The number of benzene rings is 1. The minimum atomic E-state index is -0.419. The van der Waals surface area contributed by atoms with Crippen LogP contribution in [0, 0.1) is 13.8 Å². The van der Waals surface area contributed by atoms with Gasteiger partial charge in [-0.1, -0.05) is 12.1 Å². The molecule has 0 saturated carbocycles. The molecule has 6 nitrogen and oxygen atoms in total. The molecule has 2 aromatic heterocycles. The van der Waals surface area contributed by atoms with Crippen LogP contribution in [0.4, 0.5) is 0 Å². The molecule has 3 rings (SSSR count). The topological polar surface area (TPSA) is 66.2 Å². The zero-order valence-electron chi connectivity index (χ0n) is 14.4. The molecule has 2 heterocycles. The van der Waals surface area contributed by atoms with E-state index in [0.29, 0.717) is 11.4 Å². The number of pyridine rings is 1. The molecule has 0 aliphatic carbocycles. The molecule has 3 aromatic rings. The summed E-state index contributed by atoms with van der Waals surface area (Å²) < 4.78 is 12.2. The van der Waals surface area contributed by atoms with Gasteiger partial charge in [0.05, 0.1) is 24.1 Å². The molecular weight excluding hydrogens is 318 g/mol. The number of ether oxygens (including phenoxy) is 2. The monoisotopic (exact) mass is 337 g/mol. The summed E-state index contributed by atoms with van der Waals surface area (Å²) in [6.07, 6.45) is 1.44. The van der Waals surface area contributed by atoms with Gasteiger partial charge in [0.2, 0.25) is 5.88 Å². The Morgan fingerprint density at radius 2 is 1.88 bits per heavy atom. The van der Waals surface area contributed by atoms with Gasteiger partial charge in [-0.2, -0.15) is 5.10 Å². The molecule has 0 aliphatic rings. The summed E-state index contributed by atoms with van der Waals surface area (Å²) in [5.41, 5.74) is 4.31. The second kappa shape index (κ2) is 7.17. The van der Waals surface area contributed by atoms with E-state index in [4.69, 9.17) is 9.47 Å². The van der Waals surface area contributed by atoms with Crippen LogP contribution in [-0.2, 0) is 11.3 Å². The van der Waals surface area contributed by atoms with Crippen LogP contribution in [0.15, 0.2) is 48.7 Å². The van der Waals surface area contributed by atoms with Crippen molar-refractivity contribution in [3.8, 4) is 11.6 Å². The van der Waals surface area contributed by atoms with Crippen LogP contribution in [0.5, 0.6) is 5.88 Å². The first-order valence-corrected chi connectivity index (χ1v) is 7.86. The Labute approximate surface area is 146 Å². The highest BCUT2D eigenvalue weighted by Crippen LogP contribution is 2.14. The van der Waals surface area contributed by atoms with Gasteiger partial charge in [0.1, 0.15) is 6.61 Å². The highest BCUT2D eigenvalue weighted by molar-refractivity contribution is 5.89. The number of carbonyl (C=O) groups excluding carboxylic acids is 1. The number of methoxy groups -OCH3 is 1. The normalized spacial score (nSPS) is 10.5. The molecule has 6 heteroatoms. The Balaban J connectivity index is 1.63. The fraction of sp³-hybridized carbons (Fsp3) is 0.211. The Morgan fingerprint density at radius 3 is 2.44 bits per heavy atom. The van der Waals surface area contributed by atoms with Crippen LogP contribution in [0.3, 0.4) is 0 Å². The van der Waals surface area contributed by atoms with Gasteiger partial charge >= 0.3 is 5.97 Å². The predicted molar refractivity (Wildman–Crippen MR) is 92.9 cm³/mol. The lowest BCUT2D eigenvalue weighted by atomic mass is 10.2. The van der Waals surface area contributed by atoms with Crippen molar-refractivity contribution in [2.45, 2.75) is 20.5 Å². The van der Waals surface area contributed by atoms with E-state index in [1.807, 2.05) is 48.9 Å². The number of rotatable bonds is 5. The third kappa shape index (κ3) is 3.85. The van der Waals surface area contributed by atoms with Gasteiger partial charge in [-0.15, -0.1) is 0 Å². The summed E-state index contributed by atoms with van der Waals surface area (Å²) in [4.78, 5) is 16.0. The van der Waals surface area contributed by atoms with E-state index in [-0.39, 0.29) is 6.61 Å². The molecule has 0 atom stereocenters. The molecule has 0 radical (unpaired) electrons. The average molecular weight is 337 g/mol. The van der Waals surface area contributed by atoms with E-state index in [2.05, 4.69) is 10.1 Å². The number of esters is 1. The molecule has 0 bridgehead atoms. The molecule has 128 valence electrons. The summed E-state index contributed by atoms with van der Waals surface area (Å²) in [5.74, 6) is 0.0362. The van der Waals surface area contributed by atoms with Crippen LogP contribution in [0.1, 0.15) is 27.3 Å². The molecule has 0 spiro atoms.